The number of hydrogen-bond donors (Lipinski definition) is 0. The number of allylic oxidation sites excluding steroid dienone is 1. The minimum absolute atomic E-state index is 0.605. The molecule has 0 saturated carbocycles. The van der Waals surface area contributed by atoms with Crippen LogP contribution in [0.3, 0.4) is 0 Å². The molecule has 0 unspecified atom stereocenters. The standard InChI is InChI=1S/C9H16O3/c1-3-10-9(11-4-2)7-5-6-8-12-9/h6,8H,3-5,7H2,1-2H3. The van der Waals surface area contributed by atoms with E-state index in [-0.39, 0.29) is 0 Å². The second-order valence-corrected chi connectivity index (χ2v) is 2.58. The SMILES string of the molecule is CCOC1(OCC)CCC=CO1. The van der Waals surface area contributed by atoms with Crippen molar-refractivity contribution in [3.8, 4) is 0 Å². The van der Waals surface area contributed by atoms with Crippen LogP contribution in [0.2, 0.25) is 0 Å². The first kappa shape index (κ1) is 9.55. The maximum Gasteiger partial charge on any atom is 0.326 e. The molecule has 0 aliphatic carbocycles. The first-order valence-electron chi connectivity index (χ1n) is 4.43. The average Bonchev–Trinajstić information content (AvgIpc) is 2.07. The lowest BCUT2D eigenvalue weighted by atomic mass is 10.2. The van der Waals surface area contributed by atoms with E-state index in [2.05, 4.69) is 0 Å². The van der Waals surface area contributed by atoms with Gasteiger partial charge in [0.1, 0.15) is 0 Å². The molecule has 0 saturated heterocycles. The quantitative estimate of drug-likeness (QED) is 0.607. The maximum absolute atomic E-state index is 5.42. The van der Waals surface area contributed by atoms with Crippen LogP contribution in [0.1, 0.15) is 26.7 Å². The Labute approximate surface area is 73.3 Å². The molecule has 0 spiro atoms. The summed E-state index contributed by atoms with van der Waals surface area (Å²) >= 11 is 0. The van der Waals surface area contributed by atoms with E-state index >= 15 is 0 Å². The Balaban J connectivity index is 2.51. The van der Waals surface area contributed by atoms with Gasteiger partial charge in [0, 0.05) is 6.42 Å². The zero-order chi connectivity index (χ0) is 8.86. The molecular formula is C9H16O3. The summed E-state index contributed by atoms with van der Waals surface area (Å²) in [6, 6.07) is 0. The molecule has 0 aromatic heterocycles. The molecule has 0 aromatic carbocycles. The third-order valence-electron chi connectivity index (χ3n) is 1.69. The molecule has 1 heterocycles. The third-order valence-corrected chi connectivity index (χ3v) is 1.69. The second-order valence-electron chi connectivity index (χ2n) is 2.58. The Hall–Kier alpha value is -0.540. The van der Waals surface area contributed by atoms with Gasteiger partial charge in [0.2, 0.25) is 0 Å². The zero-order valence-electron chi connectivity index (χ0n) is 7.71. The molecule has 0 radical (unpaired) electrons. The number of ether oxygens (including phenoxy) is 3. The molecule has 0 aromatic rings. The Kier molecular flexibility index (Phi) is 3.56. The topological polar surface area (TPSA) is 27.7 Å². The summed E-state index contributed by atoms with van der Waals surface area (Å²) in [6.07, 6.45) is 5.33. The summed E-state index contributed by atoms with van der Waals surface area (Å²) in [6.45, 7) is 5.08. The molecule has 0 N–H and O–H groups in total. The summed E-state index contributed by atoms with van der Waals surface area (Å²) in [7, 11) is 0. The van der Waals surface area contributed by atoms with Crippen molar-refractivity contribution >= 4 is 0 Å². The lowest BCUT2D eigenvalue weighted by Gasteiger charge is -2.33. The highest BCUT2D eigenvalue weighted by Gasteiger charge is 2.33. The van der Waals surface area contributed by atoms with Gasteiger partial charge in [-0.05, 0) is 26.3 Å². The van der Waals surface area contributed by atoms with E-state index in [9.17, 15) is 0 Å². The van der Waals surface area contributed by atoms with Gasteiger partial charge < -0.3 is 14.2 Å². The van der Waals surface area contributed by atoms with Gasteiger partial charge in [0.25, 0.3) is 0 Å². The Morgan fingerprint density at radius 1 is 1.33 bits per heavy atom. The van der Waals surface area contributed by atoms with Gasteiger partial charge in [-0.2, -0.15) is 0 Å². The van der Waals surface area contributed by atoms with Gasteiger partial charge >= 0.3 is 5.97 Å². The molecular weight excluding hydrogens is 156 g/mol. The van der Waals surface area contributed by atoms with Crippen LogP contribution in [-0.4, -0.2) is 19.2 Å². The molecule has 1 aliphatic rings. The fourth-order valence-corrected chi connectivity index (χ4v) is 1.23. The van der Waals surface area contributed by atoms with Crippen molar-refractivity contribution in [3.05, 3.63) is 12.3 Å². The van der Waals surface area contributed by atoms with Gasteiger partial charge in [-0.3, -0.25) is 0 Å². The molecule has 3 heteroatoms. The predicted octanol–water partition coefficient (Wildman–Crippen LogP) is 2.04. The molecule has 1 rings (SSSR count). The molecule has 1 aliphatic heterocycles. The lowest BCUT2D eigenvalue weighted by molar-refractivity contribution is -0.364. The van der Waals surface area contributed by atoms with Crippen molar-refractivity contribution in [3.63, 3.8) is 0 Å². The molecule has 0 bridgehead atoms. The van der Waals surface area contributed by atoms with E-state index in [4.69, 9.17) is 14.2 Å². The van der Waals surface area contributed by atoms with Crippen LogP contribution in [0.4, 0.5) is 0 Å². The van der Waals surface area contributed by atoms with Crippen LogP contribution in [0.15, 0.2) is 12.3 Å². The monoisotopic (exact) mass is 172 g/mol. The highest BCUT2D eigenvalue weighted by atomic mass is 16.9. The zero-order valence-corrected chi connectivity index (χ0v) is 7.71. The molecule has 0 atom stereocenters. The largest absolute Gasteiger partial charge is 0.447 e. The van der Waals surface area contributed by atoms with Crippen molar-refractivity contribution in [2.45, 2.75) is 32.7 Å². The minimum Gasteiger partial charge on any atom is -0.447 e. The first-order valence-corrected chi connectivity index (χ1v) is 4.43. The molecule has 70 valence electrons. The van der Waals surface area contributed by atoms with E-state index in [1.54, 1.807) is 6.26 Å². The molecule has 0 amide bonds. The van der Waals surface area contributed by atoms with Crippen LogP contribution < -0.4 is 0 Å². The smallest absolute Gasteiger partial charge is 0.326 e. The van der Waals surface area contributed by atoms with Gasteiger partial charge in [0.05, 0.1) is 19.5 Å². The van der Waals surface area contributed by atoms with E-state index in [1.165, 1.54) is 0 Å². The van der Waals surface area contributed by atoms with E-state index in [0.717, 1.165) is 12.8 Å². The molecule has 0 fully saturated rings. The minimum atomic E-state index is -0.807. The highest BCUT2D eigenvalue weighted by molar-refractivity contribution is 4.82. The van der Waals surface area contributed by atoms with Gasteiger partial charge in [-0.1, -0.05) is 0 Å². The van der Waals surface area contributed by atoms with Gasteiger partial charge in [0.15, 0.2) is 0 Å². The van der Waals surface area contributed by atoms with E-state index in [1.807, 2.05) is 19.9 Å². The maximum atomic E-state index is 5.42. The lowest BCUT2D eigenvalue weighted by Crippen LogP contribution is -2.39. The van der Waals surface area contributed by atoms with E-state index in [0.29, 0.717) is 13.2 Å². The first-order chi connectivity index (χ1) is 5.83. The van der Waals surface area contributed by atoms with Crippen LogP contribution in [0.5, 0.6) is 0 Å². The normalized spacial score (nSPS) is 20.5. The molecule has 12 heavy (non-hydrogen) atoms. The summed E-state index contributed by atoms with van der Waals surface area (Å²) in [5, 5.41) is 0. The van der Waals surface area contributed by atoms with Crippen molar-refractivity contribution in [1.29, 1.82) is 0 Å². The second kappa shape index (κ2) is 4.48. The fourth-order valence-electron chi connectivity index (χ4n) is 1.23. The van der Waals surface area contributed by atoms with Crippen molar-refractivity contribution in [1.82, 2.24) is 0 Å². The van der Waals surface area contributed by atoms with Crippen LogP contribution in [-0.2, 0) is 14.2 Å². The summed E-state index contributed by atoms with van der Waals surface area (Å²) in [5.74, 6) is -0.807. The third kappa shape index (κ3) is 2.22. The summed E-state index contributed by atoms with van der Waals surface area (Å²) in [5.41, 5.74) is 0. The number of rotatable bonds is 4. The summed E-state index contributed by atoms with van der Waals surface area (Å²) < 4.78 is 16.2. The van der Waals surface area contributed by atoms with Crippen molar-refractivity contribution in [2.24, 2.45) is 0 Å². The summed E-state index contributed by atoms with van der Waals surface area (Å²) in [4.78, 5) is 0. The predicted molar refractivity (Wildman–Crippen MR) is 45.4 cm³/mol. The Morgan fingerprint density at radius 3 is 2.42 bits per heavy atom. The van der Waals surface area contributed by atoms with Crippen molar-refractivity contribution in [2.75, 3.05) is 13.2 Å². The fraction of sp³-hybridized carbons (Fsp3) is 0.778. The Morgan fingerprint density at radius 2 is 2.00 bits per heavy atom. The van der Waals surface area contributed by atoms with Crippen molar-refractivity contribution < 1.29 is 14.2 Å². The molecule has 3 nitrogen and oxygen atoms in total. The van der Waals surface area contributed by atoms with Crippen LogP contribution >= 0.6 is 0 Å². The van der Waals surface area contributed by atoms with Crippen LogP contribution in [0, 0.1) is 0 Å². The highest BCUT2D eigenvalue weighted by Crippen LogP contribution is 2.25. The van der Waals surface area contributed by atoms with Crippen LogP contribution in [0.25, 0.3) is 0 Å². The number of hydrogen-bond acceptors (Lipinski definition) is 3. The van der Waals surface area contributed by atoms with E-state index < -0.39 is 5.97 Å². The average molecular weight is 172 g/mol. The van der Waals surface area contributed by atoms with Gasteiger partial charge in [-0.15, -0.1) is 0 Å². The van der Waals surface area contributed by atoms with Gasteiger partial charge in [-0.25, -0.2) is 0 Å². The Bertz CT molecular complexity index is 148.